The van der Waals surface area contributed by atoms with E-state index >= 15 is 0 Å². The van der Waals surface area contributed by atoms with Gasteiger partial charge in [0.25, 0.3) is 0 Å². The number of hydrogen-bond donors (Lipinski definition) is 1. The minimum absolute atomic E-state index is 0.103. The van der Waals surface area contributed by atoms with Crippen LogP contribution < -0.4 is 5.32 Å². The second-order valence-electron chi connectivity index (χ2n) is 6.00. The zero-order chi connectivity index (χ0) is 14.7. The minimum Gasteiger partial charge on any atom is -0.469 e. The molecule has 1 aliphatic carbocycles. The van der Waals surface area contributed by atoms with Gasteiger partial charge in [-0.2, -0.15) is 0 Å². The number of ether oxygens (including phenoxy) is 1. The summed E-state index contributed by atoms with van der Waals surface area (Å²) >= 11 is 0. The van der Waals surface area contributed by atoms with Gasteiger partial charge in [-0.05, 0) is 31.7 Å². The summed E-state index contributed by atoms with van der Waals surface area (Å²) in [5.41, 5.74) is 1.33. The Kier molecular flexibility index (Phi) is 4.60. The molecule has 0 saturated carbocycles. The second kappa shape index (κ2) is 6.62. The van der Waals surface area contributed by atoms with Crippen molar-refractivity contribution in [1.29, 1.82) is 0 Å². The van der Waals surface area contributed by atoms with E-state index in [-0.39, 0.29) is 12.5 Å². The lowest BCUT2D eigenvalue weighted by atomic mass is 9.91. The van der Waals surface area contributed by atoms with Crippen molar-refractivity contribution < 1.29 is 13.9 Å². The largest absolute Gasteiger partial charge is 0.469 e. The van der Waals surface area contributed by atoms with Crippen LogP contribution in [0.5, 0.6) is 0 Å². The summed E-state index contributed by atoms with van der Waals surface area (Å²) in [6.45, 7) is 1.84. The average molecular weight is 292 g/mol. The number of hydrogen-bond acceptors (Lipinski definition) is 4. The van der Waals surface area contributed by atoms with E-state index in [0.717, 1.165) is 38.1 Å². The van der Waals surface area contributed by atoms with Crippen LogP contribution in [-0.4, -0.2) is 43.7 Å². The van der Waals surface area contributed by atoms with Crippen molar-refractivity contribution in [2.24, 2.45) is 0 Å². The third kappa shape index (κ3) is 3.30. The van der Waals surface area contributed by atoms with Gasteiger partial charge in [-0.25, -0.2) is 0 Å². The van der Waals surface area contributed by atoms with E-state index in [1.165, 1.54) is 18.4 Å². The summed E-state index contributed by atoms with van der Waals surface area (Å²) in [5, 5.41) is 3.76. The first-order valence-electron chi connectivity index (χ1n) is 7.87. The average Bonchev–Trinajstić information content (AvgIpc) is 2.98. The van der Waals surface area contributed by atoms with E-state index in [1.807, 2.05) is 4.90 Å². The van der Waals surface area contributed by atoms with Crippen molar-refractivity contribution in [3.63, 3.8) is 0 Å². The number of nitrogens with one attached hydrogen (secondary N) is 1. The number of carbonyl (C=O) groups excluding carboxylic acids is 1. The molecule has 0 bridgehead atoms. The lowest BCUT2D eigenvalue weighted by molar-refractivity contribution is -0.136. The standard InChI is InChI=1S/C16H24N2O3/c1-20-11-16(19)18-8-5-12(6-9-18)17-14-3-2-4-15-13(14)7-10-21-15/h7,10,12,14,17H,2-6,8-9,11H2,1H3. The van der Waals surface area contributed by atoms with E-state index in [0.29, 0.717) is 12.1 Å². The molecule has 1 aromatic heterocycles. The summed E-state index contributed by atoms with van der Waals surface area (Å²) in [5.74, 6) is 1.25. The zero-order valence-corrected chi connectivity index (χ0v) is 12.6. The molecule has 21 heavy (non-hydrogen) atoms. The number of piperidine rings is 1. The molecule has 0 aromatic carbocycles. The topological polar surface area (TPSA) is 54.7 Å². The highest BCUT2D eigenvalue weighted by Gasteiger charge is 2.28. The van der Waals surface area contributed by atoms with E-state index in [9.17, 15) is 4.79 Å². The van der Waals surface area contributed by atoms with Crippen molar-refractivity contribution in [2.45, 2.75) is 44.2 Å². The van der Waals surface area contributed by atoms with E-state index < -0.39 is 0 Å². The van der Waals surface area contributed by atoms with Gasteiger partial charge in [0.1, 0.15) is 12.4 Å². The maximum absolute atomic E-state index is 11.8. The van der Waals surface area contributed by atoms with E-state index in [4.69, 9.17) is 9.15 Å². The van der Waals surface area contributed by atoms with Gasteiger partial charge in [0.2, 0.25) is 5.91 Å². The van der Waals surface area contributed by atoms with Crippen LogP contribution in [0.15, 0.2) is 16.7 Å². The van der Waals surface area contributed by atoms with Gasteiger partial charge in [-0.15, -0.1) is 0 Å². The lowest BCUT2D eigenvalue weighted by Crippen LogP contribution is -2.47. The molecule has 1 aromatic rings. The van der Waals surface area contributed by atoms with Crippen molar-refractivity contribution in [1.82, 2.24) is 10.2 Å². The maximum atomic E-state index is 11.8. The normalized spacial score (nSPS) is 23.1. The lowest BCUT2D eigenvalue weighted by Gasteiger charge is -2.35. The molecule has 5 heteroatoms. The third-order valence-electron chi connectivity index (χ3n) is 4.60. The Bertz CT molecular complexity index is 478. The van der Waals surface area contributed by atoms with Crippen molar-refractivity contribution in [3.8, 4) is 0 Å². The van der Waals surface area contributed by atoms with Crippen LogP contribution in [0.2, 0.25) is 0 Å². The minimum atomic E-state index is 0.103. The predicted octanol–water partition coefficient (Wildman–Crippen LogP) is 1.88. The summed E-state index contributed by atoms with van der Waals surface area (Å²) in [6, 6.07) is 3.00. The van der Waals surface area contributed by atoms with E-state index in [2.05, 4.69) is 11.4 Å². The highest BCUT2D eigenvalue weighted by atomic mass is 16.5. The van der Waals surface area contributed by atoms with E-state index in [1.54, 1.807) is 13.4 Å². The number of amides is 1. The Hall–Kier alpha value is -1.33. The first-order chi connectivity index (χ1) is 10.3. The molecule has 1 N–H and O–H groups in total. The Labute approximate surface area is 125 Å². The second-order valence-corrected chi connectivity index (χ2v) is 6.00. The molecule has 5 nitrogen and oxygen atoms in total. The first kappa shape index (κ1) is 14.6. The van der Waals surface area contributed by atoms with Crippen LogP contribution in [-0.2, 0) is 16.0 Å². The molecule has 2 aliphatic rings. The molecule has 1 amide bonds. The van der Waals surface area contributed by atoms with Crippen LogP contribution in [0.1, 0.15) is 43.0 Å². The molecule has 1 atom stereocenters. The molecule has 1 aliphatic heterocycles. The van der Waals surface area contributed by atoms with Crippen molar-refractivity contribution in [2.75, 3.05) is 26.8 Å². The molecule has 1 unspecified atom stereocenters. The highest BCUT2D eigenvalue weighted by Crippen LogP contribution is 2.31. The molecular formula is C16H24N2O3. The van der Waals surface area contributed by atoms with Crippen LogP contribution in [0, 0.1) is 0 Å². The van der Waals surface area contributed by atoms with Crippen LogP contribution in [0.4, 0.5) is 0 Å². The Morgan fingerprint density at radius 3 is 3.00 bits per heavy atom. The quantitative estimate of drug-likeness (QED) is 0.920. The number of carbonyl (C=O) groups is 1. The number of nitrogens with zero attached hydrogens (tertiary/aromatic N) is 1. The summed E-state index contributed by atoms with van der Waals surface area (Å²) in [7, 11) is 1.57. The first-order valence-corrected chi connectivity index (χ1v) is 7.87. The fourth-order valence-electron chi connectivity index (χ4n) is 3.45. The number of likely N-dealkylation sites (tertiary alicyclic amines) is 1. The monoisotopic (exact) mass is 292 g/mol. The summed E-state index contributed by atoms with van der Waals surface area (Å²) in [6.07, 6.45) is 7.25. The van der Waals surface area contributed by atoms with Gasteiger partial charge in [-0.1, -0.05) is 0 Å². The van der Waals surface area contributed by atoms with Crippen LogP contribution in [0.25, 0.3) is 0 Å². The summed E-state index contributed by atoms with van der Waals surface area (Å²) < 4.78 is 10.5. The van der Waals surface area contributed by atoms with Gasteiger partial charge < -0.3 is 19.4 Å². The van der Waals surface area contributed by atoms with Gasteiger partial charge in [0.05, 0.1) is 6.26 Å². The van der Waals surface area contributed by atoms with Gasteiger partial charge >= 0.3 is 0 Å². The maximum Gasteiger partial charge on any atom is 0.248 e. The number of aryl methyl sites for hydroxylation is 1. The molecule has 116 valence electrons. The SMILES string of the molecule is COCC(=O)N1CCC(NC2CCCc3occc32)CC1. The fourth-order valence-corrected chi connectivity index (χ4v) is 3.45. The van der Waals surface area contributed by atoms with Crippen molar-refractivity contribution >= 4 is 5.91 Å². The molecule has 1 fully saturated rings. The number of fused-ring (bicyclic) bond motifs is 1. The fraction of sp³-hybridized carbons (Fsp3) is 0.688. The molecule has 3 rings (SSSR count). The van der Waals surface area contributed by atoms with Crippen LogP contribution >= 0.6 is 0 Å². The number of furan rings is 1. The van der Waals surface area contributed by atoms with Gasteiger partial charge in [0, 0.05) is 44.3 Å². The molecule has 0 spiro atoms. The highest BCUT2D eigenvalue weighted by molar-refractivity contribution is 5.77. The number of methoxy groups -OCH3 is 1. The zero-order valence-electron chi connectivity index (χ0n) is 12.6. The van der Waals surface area contributed by atoms with Gasteiger partial charge in [-0.3, -0.25) is 4.79 Å². The summed E-state index contributed by atoms with van der Waals surface area (Å²) in [4.78, 5) is 13.7. The van der Waals surface area contributed by atoms with Crippen LogP contribution in [0.3, 0.4) is 0 Å². The molecule has 1 saturated heterocycles. The number of rotatable bonds is 4. The van der Waals surface area contributed by atoms with Crippen molar-refractivity contribution in [3.05, 3.63) is 23.7 Å². The third-order valence-corrected chi connectivity index (χ3v) is 4.60. The van der Waals surface area contributed by atoms with Gasteiger partial charge in [0.15, 0.2) is 0 Å². The Balaban J connectivity index is 1.51. The Morgan fingerprint density at radius 1 is 1.43 bits per heavy atom. The smallest absolute Gasteiger partial charge is 0.248 e. The predicted molar refractivity (Wildman–Crippen MR) is 79.0 cm³/mol. The molecule has 0 radical (unpaired) electrons. The molecule has 2 heterocycles. The molecular weight excluding hydrogens is 268 g/mol. The Morgan fingerprint density at radius 2 is 2.24 bits per heavy atom.